The number of aromatic nitrogens is 2. The molecule has 1 N–H and O–H groups in total. The van der Waals surface area contributed by atoms with E-state index in [1.165, 1.54) is 7.11 Å². The second-order valence-electron chi connectivity index (χ2n) is 8.01. The molecule has 176 valence electrons. The molecule has 5 rings (SSSR count). The molecule has 1 fully saturated rings. The van der Waals surface area contributed by atoms with Gasteiger partial charge in [-0.3, -0.25) is 4.98 Å². The van der Waals surface area contributed by atoms with Crippen LogP contribution >= 0.6 is 12.2 Å². The maximum atomic E-state index is 12.2. The molecule has 2 aromatic heterocycles. The van der Waals surface area contributed by atoms with Crippen molar-refractivity contribution in [2.75, 3.05) is 19.1 Å². The first-order chi connectivity index (χ1) is 17.1. The van der Waals surface area contributed by atoms with Crippen LogP contribution in [0, 0.1) is 0 Å². The summed E-state index contributed by atoms with van der Waals surface area (Å²) >= 11 is 5.85. The third-order valence-corrected chi connectivity index (χ3v) is 6.39. The van der Waals surface area contributed by atoms with Gasteiger partial charge >= 0.3 is 5.97 Å². The molecule has 7 nitrogen and oxygen atoms in total. The van der Waals surface area contributed by atoms with Crippen LogP contribution in [-0.2, 0) is 4.74 Å². The van der Waals surface area contributed by atoms with Crippen LogP contribution in [0.15, 0.2) is 91.3 Å². The van der Waals surface area contributed by atoms with Gasteiger partial charge in [0.2, 0.25) is 0 Å². The number of para-hydroxylation sites is 2. The lowest BCUT2D eigenvalue weighted by molar-refractivity contribution is 0.0600. The lowest BCUT2D eigenvalue weighted by Crippen LogP contribution is -2.30. The summed E-state index contributed by atoms with van der Waals surface area (Å²) < 4.78 is 12.7. The van der Waals surface area contributed by atoms with E-state index in [0.717, 1.165) is 22.8 Å². The molecule has 4 aromatic rings. The zero-order valence-corrected chi connectivity index (χ0v) is 20.1. The van der Waals surface area contributed by atoms with Gasteiger partial charge in [0.1, 0.15) is 11.8 Å². The highest BCUT2D eigenvalue weighted by Gasteiger charge is 2.43. The number of carbonyl (C=O) groups excluding carboxylic acids is 1. The number of carbonyl (C=O) groups is 1. The number of esters is 1. The van der Waals surface area contributed by atoms with Crippen LogP contribution in [0.2, 0.25) is 0 Å². The van der Waals surface area contributed by atoms with Crippen LogP contribution in [0.5, 0.6) is 5.75 Å². The van der Waals surface area contributed by atoms with Gasteiger partial charge in [-0.1, -0.05) is 24.3 Å². The van der Waals surface area contributed by atoms with Gasteiger partial charge in [-0.15, -0.1) is 0 Å². The van der Waals surface area contributed by atoms with E-state index in [1.54, 1.807) is 19.4 Å². The van der Waals surface area contributed by atoms with E-state index in [4.69, 9.17) is 21.7 Å². The maximum Gasteiger partial charge on any atom is 0.337 e. The molecule has 8 heteroatoms. The summed E-state index contributed by atoms with van der Waals surface area (Å²) in [5, 5.41) is 4.05. The highest BCUT2D eigenvalue weighted by molar-refractivity contribution is 7.80. The molecule has 0 spiro atoms. The van der Waals surface area contributed by atoms with Crippen molar-refractivity contribution in [3.63, 3.8) is 0 Å². The van der Waals surface area contributed by atoms with Crippen LogP contribution < -0.4 is 15.0 Å². The summed E-state index contributed by atoms with van der Waals surface area (Å²) in [6.45, 7) is 0. The first-order valence-electron chi connectivity index (χ1n) is 11.1. The number of benzene rings is 2. The summed E-state index contributed by atoms with van der Waals surface area (Å²) in [4.78, 5) is 18.9. The molecule has 0 amide bonds. The van der Waals surface area contributed by atoms with Crippen molar-refractivity contribution in [2.45, 2.75) is 12.1 Å². The Bertz CT molecular complexity index is 1370. The van der Waals surface area contributed by atoms with Crippen LogP contribution in [0.4, 0.5) is 5.69 Å². The number of nitrogens with one attached hydrogen (secondary N) is 1. The quantitative estimate of drug-likeness (QED) is 0.310. The lowest BCUT2D eigenvalue weighted by Gasteiger charge is -2.30. The molecular formula is C27H24N4O3S. The van der Waals surface area contributed by atoms with Crippen molar-refractivity contribution >= 4 is 29.0 Å². The van der Waals surface area contributed by atoms with Gasteiger partial charge in [0.25, 0.3) is 0 Å². The Balaban J connectivity index is 1.67. The highest BCUT2D eigenvalue weighted by Crippen LogP contribution is 2.44. The van der Waals surface area contributed by atoms with E-state index in [9.17, 15) is 4.79 Å². The van der Waals surface area contributed by atoms with Gasteiger partial charge in [-0.2, -0.15) is 0 Å². The fourth-order valence-electron chi connectivity index (χ4n) is 4.51. The highest BCUT2D eigenvalue weighted by atomic mass is 32.1. The number of pyridine rings is 1. The van der Waals surface area contributed by atoms with Gasteiger partial charge < -0.3 is 24.3 Å². The predicted octanol–water partition coefficient (Wildman–Crippen LogP) is 4.84. The number of nitrogens with zero attached hydrogens (tertiary/aromatic N) is 3. The Morgan fingerprint density at radius 3 is 2.60 bits per heavy atom. The van der Waals surface area contributed by atoms with E-state index in [0.29, 0.717) is 16.4 Å². The molecular weight excluding hydrogens is 460 g/mol. The van der Waals surface area contributed by atoms with Crippen molar-refractivity contribution in [3.05, 3.63) is 108 Å². The van der Waals surface area contributed by atoms with Gasteiger partial charge in [-0.25, -0.2) is 4.79 Å². The Morgan fingerprint density at radius 2 is 1.83 bits per heavy atom. The fourth-order valence-corrected chi connectivity index (χ4v) is 4.85. The van der Waals surface area contributed by atoms with Gasteiger partial charge in [0.05, 0.1) is 37.2 Å². The number of anilines is 1. The van der Waals surface area contributed by atoms with Gasteiger partial charge in [0, 0.05) is 23.8 Å². The first kappa shape index (κ1) is 22.6. The van der Waals surface area contributed by atoms with E-state index < -0.39 is 0 Å². The SMILES string of the molecule is COC(=O)c1cccc(-n2cccc2[C@H]2[C@H](c3ccccn3)NC(=S)N2c2ccccc2OC)c1. The average Bonchev–Trinajstić information content (AvgIpc) is 3.53. The topological polar surface area (TPSA) is 68.6 Å². The fraction of sp³-hybridized carbons (Fsp3) is 0.148. The minimum Gasteiger partial charge on any atom is -0.495 e. The van der Waals surface area contributed by atoms with E-state index in [1.807, 2.05) is 72.9 Å². The third kappa shape index (κ3) is 4.13. The van der Waals surface area contributed by atoms with Crippen LogP contribution in [0.1, 0.15) is 33.8 Å². The van der Waals surface area contributed by atoms with Crippen molar-refractivity contribution in [1.29, 1.82) is 0 Å². The van der Waals surface area contributed by atoms with Crippen LogP contribution in [0.3, 0.4) is 0 Å². The third-order valence-electron chi connectivity index (χ3n) is 6.07. The summed E-state index contributed by atoms with van der Waals surface area (Å²) in [6, 6.07) is 24.6. The molecule has 0 radical (unpaired) electrons. The van der Waals surface area contributed by atoms with Crippen molar-refractivity contribution in [1.82, 2.24) is 14.9 Å². The Kier molecular flexibility index (Phi) is 6.20. The van der Waals surface area contributed by atoms with Crippen molar-refractivity contribution in [2.24, 2.45) is 0 Å². The summed E-state index contributed by atoms with van der Waals surface area (Å²) in [5.74, 6) is 0.334. The normalized spacial score (nSPS) is 17.2. The molecule has 0 saturated carbocycles. The van der Waals surface area contributed by atoms with Crippen LogP contribution in [-0.4, -0.2) is 34.9 Å². The van der Waals surface area contributed by atoms with Crippen molar-refractivity contribution < 1.29 is 14.3 Å². The minimum atomic E-state index is -0.383. The molecule has 3 heterocycles. The van der Waals surface area contributed by atoms with Gasteiger partial charge in [-0.05, 0) is 66.8 Å². The van der Waals surface area contributed by atoms with E-state index >= 15 is 0 Å². The minimum absolute atomic E-state index is 0.217. The van der Waals surface area contributed by atoms with Crippen molar-refractivity contribution in [3.8, 4) is 11.4 Å². The zero-order chi connectivity index (χ0) is 24.4. The summed E-state index contributed by atoms with van der Waals surface area (Å²) in [6.07, 6.45) is 3.75. The second-order valence-corrected chi connectivity index (χ2v) is 8.40. The molecule has 2 aromatic carbocycles. The zero-order valence-electron chi connectivity index (χ0n) is 19.3. The summed E-state index contributed by atoms with van der Waals surface area (Å²) in [5.41, 5.74) is 4.01. The average molecular weight is 485 g/mol. The number of hydrogen-bond donors (Lipinski definition) is 1. The molecule has 35 heavy (non-hydrogen) atoms. The first-order valence-corrected chi connectivity index (χ1v) is 11.5. The molecule has 1 aliphatic rings. The number of hydrogen-bond acceptors (Lipinski definition) is 5. The number of thiocarbonyl (C=S) groups is 1. The Labute approximate surface area is 208 Å². The molecule has 1 aliphatic heterocycles. The Morgan fingerprint density at radius 1 is 1.00 bits per heavy atom. The predicted molar refractivity (Wildman–Crippen MR) is 138 cm³/mol. The largest absolute Gasteiger partial charge is 0.495 e. The monoisotopic (exact) mass is 484 g/mol. The standard InChI is InChI=1S/C27H24N4O3S/c1-33-23-14-4-3-12-21(23)31-25(24(29-27(31)35)20-11-5-6-15-28-20)22-13-8-16-30(22)19-10-7-9-18(17-19)26(32)34-2/h3-17,24-25H,1-2H3,(H,29,35)/t24-,25-/m0/s1. The van der Waals surface area contributed by atoms with E-state index in [-0.39, 0.29) is 18.1 Å². The molecule has 0 aliphatic carbocycles. The molecule has 0 unspecified atom stereocenters. The van der Waals surface area contributed by atoms with Crippen LogP contribution in [0.25, 0.3) is 5.69 Å². The summed E-state index contributed by atoms with van der Waals surface area (Å²) in [7, 11) is 3.03. The maximum absolute atomic E-state index is 12.2. The lowest BCUT2D eigenvalue weighted by atomic mass is 10.0. The van der Waals surface area contributed by atoms with Gasteiger partial charge in [0.15, 0.2) is 5.11 Å². The molecule has 1 saturated heterocycles. The molecule has 2 atom stereocenters. The molecule has 0 bridgehead atoms. The Hall–Kier alpha value is -4.17. The number of rotatable bonds is 6. The second kappa shape index (κ2) is 9.60. The number of methoxy groups -OCH3 is 2. The van der Waals surface area contributed by atoms with E-state index in [2.05, 4.69) is 25.8 Å². The number of ether oxygens (including phenoxy) is 2. The smallest absolute Gasteiger partial charge is 0.337 e.